The highest BCUT2D eigenvalue weighted by Gasteiger charge is 2.20. The maximum atomic E-state index is 12.7. The van der Waals surface area contributed by atoms with E-state index >= 15 is 0 Å². The summed E-state index contributed by atoms with van der Waals surface area (Å²) < 4.78 is 34.2. The zero-order chi connectivity index (χ0) is 16.5. The van der Waals surface area contributed by atoms with E-state index in [4.69, 9.17) is 18.9 Å². The zero-order valence-electron chi connectivity index (χ0n) is 13.3. The van der Waals surface area contributed by atoms with Crippen molar-refractivity contribution in [3.63, 3.8) is 0 Å². The second kappa shape index (κ2) is 9.47. The van der Waals surface area contributed by atoms with E-state index in [1.807, 2.05) is 0 Å². The summed E-state index contributed by atoms with van der Waals surface area (Å²) in [5.74, 6) is -0.0981. The number of carbonyl (C=O) groups is 1. The van der Waals surface area contributed by atoms with Crippen LogP contribution in [0.25, 0.3) is 0 Å². The molecule has 1 aliphatic heterocycles. The van der Waals surface area contributed by atoms with Crippen molar-refractivity contribution < 1.29 is 28.1 Å². The topological polar surface area (TPSA) is 54.0 Å². The maximum absolute atomic E-state index is 12.7. The van der Waals surface area contributed by atoms with E-state index in [0.717, 1.165) is 19.4 Å². The summed E-state index contributed by atoms with van der Waals surface area (Å²) in [5.41, 5.74) is 0. The van der Waals surface area contributed by atoms with Crippen molar-refractivity contribution in [2.75, 3.05) is 26.4 Å². The quantitative estimate of drug-likeness (QED) is 0.516. The predicted molar refractivity (Wildman–Crippen MR) is 81.9 cm³/mol. The minimum Gasteiger partial charge on any atom is -0.493 e. The van der Waals surface area contributed by atoms with Crippen molar-refractivity contribution >= 4 is 5.97 Å². The summed E-state index contributed by atoms with van der Waals surface area (Å²) in [5, 5.41) is 0. The molecule has 128 valence electrons. The molecule has 1 saturated heterocycles. The minimum atomic E-state index is -0.600. The third-order valence-corrected chi connectivity index (χ3v) is 3.50. The summed E-state index contributed by atoms with van der Waals surface area (Å²) in [6.45, 7) is 3.51. The van der Waals surface area contributed by atoms with Crippen LogP contribution in [-0.4, -0.2) is 44.6 Å². The molecule has 0 radical (unpaired) electrons. The van der Waals surface area contributed by atoms with Crippen LogP contribution in [0.3, 0.4) is 0 Å². The fraction of sp³-hybridized carbons (Fsp3) is 0.588. The van der Waals surface area contributed by atoms with Crippen molar-refractivity contribution in [3.8, 4) is 5.75 Å². The van der Waals surface area contributed by atoms with Crippen LogP contribution in [0.2, 0.25) is 0 Å². The highest BCUT2D eigenvalue weighted by Crippen LogP contribution is 2.13. The average Bonchev–Trinajstić information content (AvgIpc) is 3.07. The molecule has 0 bridgehead atoms. The Bertz CT molecular complexity index is 470. The van der Waals surface area contributed by atoms with E-state index in [0.29, 0.717) is 25.4 Å². The number of carbonyl (C=O) groups excluding carboxylic acids is 1. The average molecular weight is 326 g/mol. The van der Waals surface area contributed by atoms with Crippen LogP contribution in [0, 0.1) is 5.82 Å². The molecule has 0 saturated carbocycles. The van der Waals surface area contributed by atoms with Gasteiger partial charge in [-0.2, -0.15) is 0 Å². The van der Waals surface area contributed by atoms with Crippen LogP contribution < -0.4 is 4.74 Å². The Morgan fingerprint density at radius 1 is 1.35 bits per heavy atom. The van der Waals surface area contributed by atoms with Crippen LogP contribution in [0.1, 0.15) is 26.2 Å². The van der Waals surface area contributed by atoms with Crippen molar-refractivity contribution in [1.82, 2.24) is 0 Å². The van der Waals surface area contributed by atoms with Gasteiger partial charge in [0.1, 0.15) is 11.6 Å². The smallest absolute Gasteiger partial charge is 0.334 e. The van der Waals surface area contributed by atoms with Crippen molar-refractivity contribution in [3.05, 3.63) is 30.1 Å². The molecule has 0 aliphatic carbocycles. The van der Waals surface area contributed by atoms with E-state index in [-0.39, 0.29) is 24.5 Å². The van der Waals surface area contributed by atoms with Gasteiger partial charge in [-0.25, -0.2) is 9.18 Å². The molecule has 0 spiro atoms. The number of rotatable bonds is 9. The largest absolute Gasteiger partial charge is 0.493 e. The molecule has 2 unspecified atom stereocenters. The molecule has 2 rings (SSSR count). The molecule has 0 amide bonds. The summed E-state index contributed by atoms with van der Waals surface area (Å²) in [6.07, 6.45) is 2.07. The molecular formula is C17H23FO5. The molecular weight excluding hydrogens is 303 g/mol. The zero-order valence-corrected chi connectivity index (χ0v) is 13.3. The molecule has 2 atom stereocenters. The van der Waals surface area contributed by atoms with Gasteiger partial charge in [0.15, 0.2) is 6.10 Å². The first-order valence-electron chi connectivity index (χ1n) is 7.93. The van der Waals surface area contributed by atoms with Crippen LogP contribution in [-0.2, 0) is 19.0 Å². The Kier molecular flexibility index (Phi) is 7.29. The Labute approximate surface area is 135 Å². The van der Waals surface area contributed by atoms with Crippen LogP contribution in [0.4, 0.5) is 4.39 Å². The molecule has 23 heavy (non-hydrogen) atoms. The lowest BCUT2D eigenvalue weighted by Gasteiger charge is -2.15. The fourth-order valence-electron chi connectivity index (χ4n) is 2.17. The van der Waals surface area contributed by atoms with Gasteiger partial charge < -0.3 is 18.9 Å². The summed E-state index contributed by atoms with van der Waals surface area (Å²) in [4.78, 5) is 11.7. The third kappa shape index (κ3) is 6.54. The normalized spacial score (nSPS) is 18.6. The molecule has 1 fully saturated rings. The van der Waals surface area contributed by atoms with Gasteiger partial charge in [-0.3, -0.25) is 0 Å². The van der Waals surface area contributed by atoms with Crippen LogP contribution in [0.15, 0.2) is 24.3 Å². The Morgan fingerprint density at radius 3 is 2.83 bits per heavy atom. The first-order valence-corrected chi connectivity index (χ1v) is 7.93. The summed E-state index contributed by atoms with van der Waals surface area (Å²) >= 11 is 0. The van der Waals surface area contributed by atoms with Gasteiger partial charge in [0.25, 0.3) is 0 Å². The fourth-order valence-corrected chi connectivity index (χ4v) is 2.17. The van der Waals surface area contributed by atoms with Crippen molar-refractivity contribution in [2.24, 2.45) is 0 Å². The Hall–Kier alpha value is -1.66. The molecule has 5 nitrogen and oxygen atoms in total. The van der Waals surface area contributed by atoms with Crippen LogP contribution in [0.5, 0.6) is 5.75 Å². The summed E-state index contributed by atoms with van der Waals surface area (Å²) in [6, 6.07) is 5.79. The molecule has 1 aromatic carbocycles. The molecule has 1 aromatic rings. The van der Waals surface area contributed by atoms with Gasteiger partial charge in [0, 0.05) is 13.0 Å². The van der Waals surface area contributed by atoms with Gasteiger partial charge >= 0.3 is 5.97 Å². The number of hydrogen-bond donors (Lipinski definition) is 0. The molecule has 6 heteroatoms. The molecule has 1 aliphatic rings. The molecule has 0 N–H and O–H groups in total. The highest BCUT2D eigenvalue weighted by atomic mass is 19.1. The lowest BCUT2D eigenvalue weighted by atomic mass is 10.2. The monoisotopic (exact) mass is 326 g/mol. The van der Waals surface area contributed by atoms with Crippen LogP contribution >= 0.6 is 0 Å². The number of hydrogen-bond acceptors (Lipinski definition) is 5. The third-order valence-electron chi connectivity index (χ3n) is 3.50. The lowest BCUT2D eigenvalue weighted by Crippen LogP contribution is -2.27. The second-order valence-corrected chi connectivity index (χ2v) is 5.43. The standard InChI is InChI=1S/C17H23FO5/c1-13(23-12-16-4-2-9-21-16)17(19)22-11-3-10-20-15-7-5-14(18)6-8-15/h5-8,13,16H,2-4,9-12H2,1H3. The second-order valence-electron chi connectivity index (χ2n) is 5.43. The number of ether oxygens (including phenoxy) is 4. The number of benzene rings is 1. The van der Waals surface area contributed by atoms with E-state index < -0.39 is 6.10 Å². The van der Waals surface area contributed by atoms with Crippen molar-refractivity contribution in [1.29, 1.82) is 0 Å². The molecule has 1 heterocycles. The van der Waals surface area contributed by atoms with Gasteiger partial charge in [0.05, 0.1) is 25.9 Å². The lowest BCUT2D eigenvalue weighted by molar-refractivity contribution is -0.158. The van der Waals surface area contributed by atoms with Gasteiger partial charge in [-0.15, -0.1) is 0 Å². The van der Waals surface area contributed by atoms with E-state index in [2.05, 4.69) is 0 Å². The Morgan fingerprint density at radius 2 is 2.13 bits per heavy atom. The Balaban J connectivity index is 1.52. The van der Waals surface area contributed by atoms with Gasteiger partial charge in [0.2, 0.25) is 0 Å². The molecule has 0 aromatic heterocycles. The number of halogens is 1. The highest BCUT2D eigenvalue weighted by molar-refractivity contribution is 5.74. The van der Waals surface area contributed by atoms with Crippen molar-refractivity contribution in [2.45, 2.75) is 38.4 Å². The van der Waals surface area contributed by atoms with E-state index in [1.165, 1.54) is 12.1 Å². The predicted octanol–water partition coefficient (Wildman–Crippen LogP) is 2.72. The van der Waals surface area contributed by atoms with Gasteiger partial charge in [-0.05, 0) is 44.0 Å². The SMILES string of the molecule is CC(OCC1CCCO1)C(=O)OCCCOc1ccc(F)cc1. The first-order chi connectivity index (χ1) is 11.1. The minimum absolute atomic E-state index is 0.0920. The van der Waals surface area contributed by atoms with E-state index in [1.54, 1.807) is 19.1 Å². The number of esters is 1. The summed E-state index contributed by atoms with van der Waals surface area (Å²) in [7, 11) is 0. The van der Waals surface area contributed by atoms with Gasteiger partial charge in [-0.1, -0.05) is 0 Å². The maximum Gasteiger partial charge on any atom is 0.334 e. The van der Waals surface area contributed by atoms with E-state index in [9.17, 15) is 9.18 Å². The first kappa shape index (κ1) is 17.7.